The Morgan fingerprint density at radius 2 is 1.79 bits per heavy atom. The molecule has 0 fully saturated rings. The molecule has 4 rings (SSSR count). The Morgan fingerprint density at radius 1 is 0.958 bits per heavy atom. The molecular formula is C21H19NO2. The van der Waals surface area contributed by atoms with E-state index in [1.165, 1.54) is 11.1 Å². The summed E-state index contributed by atoms with van der Waals surface area (Å²) >= 11 is 0. The van der Waals surface area contributed by atoms with E-state index in [0.717, 1.165) is 23.6 Å². The van der Waals surface area contributed by atoms with E-state index in [0.29, 0.717) is 0 Å². The predicted octanol–water partition coefficient (Wildman–Crippen LogP) is 4.75. The summed E-state index contributed by atoms with van der Waals surface area (Å²) < 4.78 is 11.8. The lowest BCUT2D eigenvalue weighted by Gasteiger charge is -2.33. The van der Waals surface area contributed by atoms with Crippen molar-refractivity contribution in [1.82, 2.24) is 4.98 Å². The van der Waals surface area contributed by atoms with Crippen LogP contribution in [-0.4, -0.2) is 12.1 Å². The van der Waals surface area contributed by atoms with Crippen molar-refractivity contribution in [3.63, 3.8) is 0 Å². The third-order valence-electron chi connectivity index (χ3n) is 4.53. The second-order valence-electron chi connectivity index (χ2n) is 5.94. The maximum Gasteiger partial charge on any atom is 0.165 e. The summed E-state index contributed by atoms with van der Waals surface area (Å²) in [6.45, 7) is 0. The molecule has 0 amide bonds. The summed E-state index contributed by atoms with van der Waals surface area (Å²) in [5.74, 6) is 1.86. The van der Waals surface area contributed by atoms with Gasteiger partial charge in [0.25, 0.3) is 0 Å². The number of aromatic nitrogens is 1. The average Bonchev–Trinajstić information content (AvgIpc) is 2.68. The molecule has 3 heteroatoms. The lowest BCUT2D eigenvalue weighted by Crippen LogP contribution is -2.21. The SMILES string of the molecule is COc1cccc2c1O[C@@H](c1ccccn1)C[C@@H]2c1ccccc1. The molecule has 3 nitrogen and oxygen atoms in total. The van der Waals surface area contributed by atoms with Gasteiger partial charge in [0.2, 0.25) is 0 Å². The highest BCUT2D eigenvalue weighted by molar-refractivity contribution is 5.52. The number of para-hydroxylation sites is 1. The van der Waals surface area contributed by atoms with Gasteiger partial charge in [0.05, 0.1) is 12.8 Å². The Morgan fingerprint density at radius 3 is 2.54 bits per heavy atom. The standard InChI is InChI=1S/C21H19NO2/c1-23-19-12-7-10-16-17(15-8-3-2-4-9-15)14-20(24-21(16)19)18-11-5-6-13-22-18/h2-13,17,20H,14H2,1H3/t17-,20-/m1/s1. The first kappa shape index (κ1) is 14.8. The molecule has 0 aliphatic carbocycles. The van der Waals surface area contributed by atoms with Gasteiger partial charge in [-0.05, 0) is 23.8 Å². The quantitative estimate of drug-likeness (QED) is 0.699. The molecule has 1 aliphatic rings. The van der Waals surface area contributed by atoms with Gasteiger partial charge in [-0.15, -0.1) is 0 Å². The number of fused-ring (bicyclic) bond motifs is 1. The van der Waals surface area contributed by atoms with Gasteiger partial charge in [0.1, 0.15) is 6.10 Å². The lowest BCUT2D eigenvalue weighted by atomic mass is 9.83. The molecule has 1 aromatic heterocycles. The average molecular weight is 317 g/mol. The molecule has 24 heavy (non-hydrogen) atoms. The summed E-state index contributed by atoms with van der Waals surface area (Å²) in [6.07, 6.45) is 2.59. The van der Waals surface area contributed by atoms with Crippen molar-refractivity contribution in [2.45, 2.75) is 18.4 Å². The summed E-state index contributed by atoms with van der Waals surface area (Å²) in [5.41, 5.74) is 3.42. The van der Waals surface area contributed by atoms with Crippen LogP contribution in [0.4, 0.5) is 0 Å². The summed E-state index contributed by atoms with van der Waals surface area (Å²) in [7, 11) is 1.68. The number of nitrogens with zero attached hydrogens (tertiary/aromatic N) is 1. The van der Waals surface area contributed by atoms with Gasteiger partial charge in [0, 0.05) is 24.1 Å². The third-order valence-corrected chi connectivity index (χ3v) is 4.53. The molecule has 0 unspecified atom stereocenters. The third kappa shape index (κ3) is 2.62. The molecule has 0 saturated heterocycles. The Hall–Kier alpha value is -2.81. The van der Waals surface area contributed by atoms with Crippen LogP contribution in [0.25, 0.3) is 0 Å². The number of rotatable bonds is 3. The van der Waals surface area contributed by atoms with Crippen LogP contribution in [0.3, 0.4) is 0 Å². The van der Waals surface area contributed by atoms with Crippen molar-refractivity contribution in [1.29, 1.82) is 0 Å². The van der Waals surface area contributed by atoms with Gasteiger partial charge in [0.15, 0.2) is 11.5 Å². The van der Waals surface area contributed by atoms with E-state index in [1.54, 1.807) is 7.11 Å². The van der Waals surface area contributed by atoms with E-state index in [1.807, 2.05) is 42.6 Å². The lowest BCUT2D eigenvalue weighted by molar-refractivity contribution is 0.156. The zero-order valence-corrected chi connectivity index (χ0v) is 13.6. The number of hydrogen-bond donors (Lipinski definition) is 0. The largest absolute Gasteiger partial charge is 0.493 e. The summed E-state index contributed by atoms with van der Waals surface area (Å²) in [4.78, 5) is 4.49. The van der Waals surface area contributed by atoms with Crippen LogP contribution < -0.4 is 9.47 Å². The van der Waals surface area contributed by atoms with Crippen molar-refractivity contribution in [2.75, 3.05) is 7.11 Å². The van der Waals surface area contributed by atoms with E-state index in [2.05, 4.69) is 35.3 Å². The van der Waals surface area contributed by atoms with E-state index in [9.17, 15) is 0 Å². The molecule has 0 saturated carbocycles. The van der Waals surface area contributed by atoms with E-state index >= 15 is 0 Å². The van der Waals surface area contributed by atoms with E-state index in [-0.39, 0.29) is 12.0 Å². The predicted molar refractivity (Wildman–Crippen MR) is 93.5 cm³/mol. The van der Waals surface area contributed by atoms with Crippen molar-refractivity contribution < 1.29 is 9.47 Å². The first-order valence-electron chi connectivity index (χ1n) is 8.16. The normalized spacial score (nSPS) is 19.2. The van der Waals surface area contributed by atoms with Gasteiger partial charge in [-0.25, -0.2) is 0 Å². The maximum atomic E-state index is 6.30. The minimum absolute atomic E-state index is 0.0831. The van der Waals surface area contributed by atoms with Gasteiger partial charge in [-0.3, -0.25) is 4.98 Å². The molecule has 2 heterocycles. The molecule has 0 N–H and O–H groups in total. The molecule has 2 aromatic carbocycles. The van der Waals surface area contributed by atoms with Crippen LogP contribution in [-0.2, 0) is 0 Å². The fourth-order valence-corrected chi connectivity index (χ4v) is 3.37. The first-order valence-corrected chi connectivity index (χ1v) is 8.16. The van der Waals surface area contributed by atoms with Crippen molar-refractivity contribution in [2.24, 2.45) is 0 Å². The molecule has 120 valence electrons. The Balaban J connectivity index is 1.82. The molecule has 0 bridgehead atoms. The number of pyridine rings is 1. The van der Waals surface area contributed by atoms with Crippen LogP contribution >= 0.6 is 0 Å². The van der Waals surface area contributed by atoms with Gasteiger partial charge < -0.3 is 9.47 Å². The minimum Gasteiger partial charge on any atom is -0.493 e. The molecule has 2 atom stereocenters. The van der Waals surface area contributed by atoms with Crippen LogP contribution in [0, 0.1) is 0 Å². The van der Waals surface area contributed by atoms with Crippen LogP contribution in [0.15, 0.2) is 72.9 Å². The topological polar surface area (TPSA) is 31.4 Å². The van der Waals surface area contributed by atoms with Crippen LogP contribution in [0.5, 0.6) is 11.5 Å². The van der Waals surface area contributed by atoms with E-state index in [4.69, 9.17) is 9.47 Å². The number of benzene rings is 2. The second kappa shape index (κ2) is 6.36. The molecule has 3 aromatic rings. The number of methoxy groups -OCH3 is 1. The number of hydrogen-bond acceptors (Lipinski definition) is 3. The monoisotopic (exact) mass is 317 g/mol. The highest BCUT2D eigenvalue weighted by Crippen LogP contribution is 2.48. The molecule has 0 radical (unpaired) electrons. The zero-order valence-electron chi connectivity index (χ0n) is 13.6. The van der Waals surface area contributed by atoms with Gasteiger partial charge >= 0.3 is 0 Å². The highest BCUT2D eigenvalue weighted by atomic mass is 16.5. The van der Waals surface area contributed by atoms with Crippen molar-refractivity contribution in [3.8, 4) is 11.5 Å². The summed E-state index contributed by atoms with van der Waals surface area (Å²) in [5, 5.41) is 0. The zero-order chi connectivity index (χ0) is 16.4. The van der Waals surface area contributed by atoms with Crippen LogP contribution in [0.2, 0.25) is 0 Å². The Bertz CT molecular complexity index is 818. The molecular weight excluding hydrogens is 298 g/mol. The second-order valence-corrected chi connectivity index (χ2v) is 5.94. The Kier molecular flexibility index (Phi) is 3.91. The maximum absolute atomic E-state index is 6.30. The Labute approximate surface area is 141 Å². The van der Waals surface area contributed by atoms with Crippen molar-refractivity contribution >= 4 is 0 Å². The summed E-state index contributed by atoms with van der Waals surface area (Å²) in [6, 6.07) is 22.6. The highest BCUT2D eigenvalue weighted by Gasteiger charge is 2.32. The number of ether oxygens (including phenoxy) is 2. The smallest absolute Gasteiger partial charge is 0.165 e. The first-order chi connectivity index (χ1) is 11.9. The van der Waals surface area contributed by atoms with Crippen LogP contribution in [0.1, 0.15) is 35.3 Å². The molecule has 1 aliphatic heterocycles. The fraction of sp³-hybridized carbons (Fsp3) is 0.190. The minimum atomic E-state index is -0.0831. The molecule has 0 spiro atoms. The van der Waals surface area contributed by atoms with Gasteiger partial charge in [-0.2, -0.15) is 0 Å². The van der Waals surface area contributed by atoms with Gasteiger partial charge in [-0.1, -0.05) is 48.5 Å². The van der Waals surface area contributed by atoms with Crippen molar-refractivity contribution in [3.05, 3.63) is 89.7 Å². The fourth-order valence-electron chi connectivity index (χ4n) is 3.37. The van der Waals surface area contributed by atoms with E-state index < -0.39 is 0 Å².